The van der Waals surface area contributed by atoms with Gasteiger partial charge in [-0.05, 0) is 57.3 Å². The number of fused-ring (bicyclic) bond motifs is 1. The molecule has 130 valence electrons. The van der Waals surface area contributed by atoms with Gasteiger partial charge in [-0.1, -0.05) is 12.1 Å². The zero-order chi connectivity index (χ0) is 17.1. The normalized spacial score (nSPS) is 15.4. The highest BCUT2D eigenvalue weighted by Gasteiger charge is 2.20. The van der Waals surface area contributed by atoms with Crippen molar-refractivity contribution >= 4 is 16.9 Å². The van der Waals surface area contributed by atoms with Crippen LogP contribution in [0.15, 0.2) is 18.2 Å². The van der Waals surface area contributed by atoms with Gasteiger partial charge >= 0.3 is 5.97 Å². The maximum atomic E-state index is 11.7. The fraction of sp³-hybridized carbons (Fsp3) is 0.526. The van der Waals surface area contributed by atoms with E-state index in [0.717, 1.165) is 29.6 Å². The van der Waals surface area contributed by atoms with E-state index in [2.05, 4.69) is 16.4 Å². The quantitative estimate of drug-likeness (QED) is 0.819. The molecule has 1 fully saturated rings. The van der Waals surface area contributed by atoms with Crippen LogP contribution in [-0.2, 0) is 13.0 Å². The Bertz CT molecular complexity index is 730. The number of aryl methyl sites for hydroxylation is 1. The van der Waals surface area contributed by atoms with E-state index in [4.69, 9.17) is 0 Å². The van der Waals surface area contributed by atoms with Crippen LogP contribution >= 0.6 is 0 Å². The second-order valence-corrected chi connectivity index (χ2v) is 6.60. The standard InChI is InChI=1S/C19H26N2O3/c1-14-15(8-12-20-9-2-3-10-20)16-6-4-7-17(19(23)24)18(16)21(14)11-5-13-22/h4,6-7,22H,2-3,5,8-13H2,1H3,(H,23,24). The second-order valence-electron chi connectivity index (χ2n) is 6.60. The average molecular weight is 330 g/mol. The number of carbonyl (C=O) groups is 1. The van der Waals surface area contributed by atoms with E-state index in [1.165, 1.54) is 31.5 Å². The minimum absolute atomic E-state index is 0.109. The lowest BCUT2D eigenvalue weighted by Crippen LogP contribution is -2.22. The molecule has 1 aromatic heterocycles. The van der Waals surface area contributed by atoms with Crippen LogP contribution in [0.3, 0.4) is 0 Å². The number of aromatic nitrogens is 1. The Balaban J connectivity index is 2.02. The zero-order valence-corrected chi connectivity index (χ0v) is 14.3. The third-order valence-electron chi connectivity index (χ3n) is 5.12. The number of aromatic carboxylic acids is 1. The number of rotatable bonds is 7. The third-order valence-corrected chi connectivity index (χ3v) is 5.12. The summed E-state index contributed by atoms with van der Waals surface area (Å²) >= 11 is 0. The molecule has 1 aliphatic rings. The van der Waals surface area contributed by atoms with Crippen molar-refractivity contribution in [1.29, 1.82) is 0 Å². The summed E-state index contributed by atoms with van der Waals surface area (Å²) in [5, 5.41) is 19.8. The molecule has 0 amide bonds. The van der Waals surface area contributed by atoms with E-state index in [9.17, 15) is 15.0 Å². The van der Waals surface area contributed by atoms with Crippen LogP contribution in [0.1, 0.15) is 40.9 Å². The highest BCUT2D eigenvalue weighted by atomic mass is 16.4. The molecule has 0 unspecified atom stereocenters. The van der Waals surface area contributed by atoms with Crippen LogP contribution < -0.4 is 0 Å². The predicted molar refractivity (Wildman–Crippen MR) is 94.7 cm³/mol. The Morgan fingerprint density at radius 1 is 1.21 bits per heavy atom. The molecular weight excluding hydrogens is 304 g/mol. The minimum Gasteiger partial charge on any atom is -0.478 e. The summed E-state index contributed by atoms with van der Waals surface area (Å²) in [6, 6.07) is 5.54. The number of benzene rings is 1. The van der Waals surface area contributed by atoms with Gasteiger partial charge in [0.2, 0.25) is 0 Å². The molecule has 5 nitrogen and oxygen atoms in total. The number of hydrogen-bond donors (Lipinski definition) is 2. The summed E-state index contributed by atoms with van der Waals surface area (Å²) in [7, 11) is 0. The lowest BCUT2D eigenvalue weighted by Gasteiger charge is -2.14. The first-order valence-electron chi connectivity index (χ1n) is 8.80. The van der Waals surface area contributed by atoms with Crippen molar-refractivity contribution in [2.45, 2.75) is 39.2 Å². The second kappa shape index (κ2) is 7.36. The fourth-order valence-electron chi connectivity index (χ4n) is 3.88. The van der Waals surface area contributed by atoms with E-state index in [0.29, 0.717) is 18.5 Å². The summed E-state index contributed by atoms with van der Waals surface area (Å²) < 4.78 is 2.08. The summed E-state index contributed by atoms with van der Waals surface area (Å²) in [6.07, 6.45) is 4.13. The molecule has 1 aliphatic heterocycles. The monoisotopic (exact) mass is 330 g/mol. The van der Waals surface area contributed by atoms with Crippen molar-refractivity contribution in [3.05, 3.63) is 35.0 Å². The van der Waals surface area contributed by atoms with E-state index < -0.39 is 5.97 Å². The summed E-state index contributed by atoms with van der Waals surface area (Å²) in [4.78, 5) is 14.1. The number of carboxylic acids is 1. The summed E-state index contributed by atoms with van der Waals surface area (Å²) in [5.74, 6) is -0.894. The number of hydrogen-bond acceptors (Lipinski definition) is 3. The number of likely N-dealkylation sites (tertiary alicyclic amines) is 1. The van der Waals surface area contributed by atoms with Gasteiger partial charge in [-0.25, -0.2) is 4.79 Å². The average Bonchev–Trinajstić information content (AvgIpc) is 3.17. The Labute approximate surface area is 142 Å². The fourth-order valence-corrected chi connectivity index (χ4v) is 3.88. The van der Waals surface area contributed by atoms with Gasteiger partial charge in [0.25, 0.3) is 0 Å². The molecule has 0 bridgehead atoms. The van der Waals surface area contributed by atoms with Gasteiger partial charge in [0.1, 0.15) is 0 Å². The molecule has 0 radical (unpaired) electrons. The van der Waals surface area contributed by atoms with E-state index in [1.54, 1.807) is 6.07 Å². The highest BCUT2D eigenvalue weighted by Crippen LogP contribution is 2.30. The van der Waals surface area contributed by atoms with Crippen LogP contribution in [0.4, 0.5) is 0 Å². The largest absolute Gasteiger partial charge is 0.478 e. The molecule has 24 heavy (non-hydrogen) atoms. The molecule has 2 heterocycles. The van der Waals surface area contributed by atoms with Gasteiger partial charge in [-0.15, -0.1) is 0 Å². The van der Waals surface area contributed by atoms with Gasteiger partial charge in [0.15, 0.2) is 0 Å². The molecule has 2 aromatic rings. The number of aliphatic hydroxyl groups excluding tert-OH is 1. The van der Waals surface area contributed by atoms with Crippen LogP contribution in [0.25, 0.3) is 10.9 Å². The minimum atomic E-state index is -0.894. The van der Waals surface area contributed by atoms with Gasteiger partial charge in [0.05, 0.1) is 11.1 Å². The van der Waals surface area contributed by atoms with E-state index in [-0.39, 0.29) is 6.61 Å². The molecule has 0 aliphatic carbocycles. The van der Waals surface area contributed by atoms with Gasteiger partial charge < -0.3 is 19.7 Å². The van der Waals surface area contributed by atoms with E-state index >= 15 is 0 Å². The van der Waals surface area contributed by atoms with Crippen molar-refractivity contribution in [1.82, 2.24) is 9.47 Å². The molecule has 1 saturated heterocycles. The first-order chi connectivity index (χ1) is 11.6. The summed E-state index contributed by atoms with van der Waals surface area (Å²) in [6.45, 7) is 6.19. The van der Waals surface area contributed by atoms with Gasteiger partial charge in [-0.2, -0.15) is 0 Å². The molecule has 2 N–H and O–H groups in total. The molecule has 5 heteroatoms. The van der Waals surface area contributed by atoms with Gasteiger partial charge in [0, 0.05) is 30.8 Å². The maximum absolute atomic E-state index is 11.7. The Kier molecular flexibility index (Phi) is 5.21. The van der Waals surface area contributed by atoms with Crippen molar-refractivity contribution < 1.29 is 15.0 Å². The molecule has 1 aromatic carbocycles. The maximum Gasteiger partial charge on any atom is 0.337 e. The third kappa shape index (κ3) is 3.19. The number of carboxylic acid groups (broad SMARTS) is 1. The molecule has 0 saturated carbocycles. The zero-order valence-electron chi connectivity index (χ0n) is 14.3. The van der Waals surface area contributed by atoms with Crippen molar-refractivity contribution in [2.75, 3.05) is 26.2 Å². The smallest absolute Gasteiger partial charge is 0.337 e. The molecule has 0 spiro atoms. The van der Waals surface area contributed by atoms with Crippen molar-refractivity contribution in [3.63, 3.8) is 0 Å². The Hall–Kier alpha value is -1.85. The van der Waals surface area contributed by atoms with Crippen LogP contribution in [0.5, 0.6) is 0 Å². The highest BCUT2D eigenvalue weighted by molar-refractivity contribution is 6.03. The Morgan fingerprint density at radius 3 is 2.62 bits per heavy atom. The molecule has 0 atom stereocenters. The Morgan fingerprint density at radius 2 is 1.96 bits per heavy atom. The van der Waals surface area contributed by atoms with Crippen molar-refractivity contribution in [3.8, 4) is 0 Å². The molecular formula is C19H26N2O3. The number of para-hydroxylation sites is 1. The summed E-state index contributed by atoms with van der Waals surface area (Å²) in [5.41, 5.74) is 3.53. The van der Waals surface area contributed by atoms with Crippen LogP contribution in [0.2, 0.25) is 0 Å². The lowest BCUT2D eigenvalue weighted by atomic mass is 10.1. The van der Waals surface area contributed by atoms with E-state index in [1.807, 2.05) is 12.1 Å². The molecule has 3 rings (SSSR count). The predicted octanol–water partition coefficient (Wildman–Crippen LogP) is 2.67. The number of aliphatic hydroxyl groups is 1. The van der Waals surface area contributed by atoms with Crippen LogP contribution in [0, 0.1) is 6.92 Å². The lowest BCUT2D eigenvalue weighted by molar-refractivity contribution is 0.0698. The first kappa shape index (κ1) is 17.0. The SMILES string of the molecule is Cc1c(CCN2CCCC2)c2cccc(C(=O)O)c2n1CCCO. The van der Waals surface area contributed by atoms with Crippen molar-refractivity contribution in [2.24, 2.45) is 0 Å². The van der Waals surface area contributed by atoms with Crippen LogP contribution in [-0.4, -0.2) is 51.9 Å². The first-order valence-corrected chi connectivity index (χ1v) is 8.80. The van der Waals surface area contributed by atoms with Gasteiger partial charge in [-0.3, -0.25) is 0 Å². The topological polar surface area (TPSA) is 65.7 Å². The number of nitrogens with zero attached hydrogens (tertiary/aromatic N) is 2.